The summed E-state index contributed by atoms with van der Waals surface area (Å²) in [4.78, 5) is 39.1. The van der Waals surface area contributed by atoms with Crippen molar-refractivity contribution in [2.24, 2.45) is 5.41 Å². The van der Waals surface area contributed by atoms with Gasteiger partial charge in [-0.25, -0.2) is 4.79 Å². The molecule has 0 saturated carbocycles. The molecule has 1 aromatic carbocycles. The summed E-state index contributed by atoms with van der Waals surface area (Å²) in [5.41, 5.74) is 0.975. The lowest BCUT2D eigenvalue weighted by Crippen LogP contribution is -2.46. The number of amides is 1. The number of aldehydes is 1. The molecule has 2 heterocycles. The number of halogens is 1. The number of nitrogens with zero attached hydrogens (tertiary/aromatic N) is 3. The molecule has 1 aliphatic heterocycles. The number of methoxy groups -OCH3 is 1. The second kappa shape index (κ2) is 13.1. The maximum Gasteiger partial charge on any atom is 0.339 e. The zero-order chi connectivity index (χ0) is 29.6. The van der Waals surface area contributed by atoms with Crippen LogP contribution in [0, 0.1) is 5.41 Å². The van der Waals surface area contributed by atoms with E-state index in [9.17, 15) is 24.6 Å². The van der Waals surface area contributed by atoms with Crippen LogP contribution in [0.1, 0.15) is 48.5 Å². The van der Waals surface area contributed by atoms with Crippen molar-refractivity contribution >= 4 is 35.5 Å². The predicted octanol–water partition coefficient (Wildman–Crippen LogP) is 4.13. The number of anilines is 1. The third-order valence-corrected chi connectivity index (χ3v) is 6.78. The number of rotatable bonds is 12. The molecule has 0 bridgehead atoms. The first-order valence-electron chi connectivity index (χ1n) is 12.6. The van der Waals surface area contributed by atoms with Gasteiger partial charge in [-0.15, -0.1) is 0 Å². The first-order valence-corrected chi connectivity index (χ1v) is 13.0. The van der Waals surface area contributed by atoms with Crippen molar-refractivity contribution in [2.45, 2.75) is 45.9 Å². The number of aromatic nitrogens is 2. The van der Waals surface area contributed by atoms with Crippen LogP contribution in [-0.2, 0) is 32.0 Å². The maximum atomic E-state index is 14.3. The lowest BCUT2D eigenvalue weighted by Gasteiger charge is -2.32. The van der Waals surface area contributed by atoms with Gasteiger partial charge in [0.2, 0.25) is 0 Å². The molecule has 1 aromatic heterocycles. The minimum absolute atomic E-state index is 0.129. The zero-order valence-corrected chi connectivity index (χ0v) is 23.7. The molecule has 2 N–H and O–H groups in total. The number of allylic oxidation sites excluding steroid dienone is 2. The molecule has 2 aromatic rings. The Morgan fingerprint density at radius 3 is 2.65 bits per heavy atom. The molecule has 11 heteroatoms. The summed E-state index contributed by atoms with van der Waals surface area (Å²) < 4.78 is 13.4. The molecular weight excluding hydrogens is 538 g/mol. The fourth-order valence-corrected chi connectivity index (χ4v) is 4.77. The Labute approximate surface area is 238 Å². The van der Waals surface area contributed by atoms with E-state index in [0.29, 0.717) is 33.9 Å². The van der Waals surface area contributed by atoms with Crippen LogP contribution in [0.25, 0.3) is 0 Å². The van der Waals surface area contributed by atoms with E-state index in [1.165, 1.54) is 22.8 Å². The highest BCUT2D eigenvalue weighted by atomic mass is 35.5. The van der Waals surface area contributed by atoms with E-state index < -0.39 is 29.5 Å². The SMILES string of the molecule is C=C/C(OC)=C(\C=C/C)C1O[C@H](Cc2c(C(=O)O)cnn2CC=O)C(=O)N(CC(C)(C)CO)c2ccc(Cl)cc21. The van der Waals surface area contributed by atoms with Gasteiger partial charge in [-0.3, -0.25) is 9.48 Å². The van der Waals surface area contributed by atoms with E-state index >= 15 is 0 Å². The van der Waals surface area contributed by atoms with Gasteiger partial charge in [-0.1, -0.05) is 44.2 Å². The highest BCUT2D eigenvalue weighted by Gasteiger charge is 2.40. The lowest BCUT2D eigenvalue weighted by atomic mass is 9.92. The van der Waals surface area contributed by atoms with E-state index in [0.717, 1.165) is 6.20 Å². The lowest BCUT2D eigenvalue weighted by molar-refractivity contribution is -0.132. The number of carboxylic acids is 1. The van der Waals surface area contributed by atoms with Crippen molar-refractivity contribution in [2.75, 3.05) is 25.2 Å². The van der Waals surface area contributed by atoms with Crippen LogP contribution < -0.4 is 4.90 Å². The summed E-state index contributed by atoms with van der Waals surface area (Å²) in [6.45, 7) is 9.05. The highest BCUT2D eigenvalue weighted by Crippen LogP contribution is 2.42. The molecule has 1 unspecified atom stereocenters. The number of aliphatic hydroxyl groups excluding tert-OH is 1. The number of hydrogen-bond donors (Lipinski definition) is 2. The summed E-state index contributed by atoms with van der Waals surface area (Å²) in [5.74, 6) is -1.30. The zero-order valence-electron chi connectivity index (χ0n) is 23.0. The number of fused-ring (bicyclic) bond motifs is 1. The van der Waals surface area contributed by atoms with Crippen molar-refractivity contribution in [3.05, 3.63) is 82.4 Å². The molecule has 0 fully saturated rings. The third-order valence-electron chi connectivity index (χ3n) is 6.54. The van der Waals surface area contributed by atoms with E-state index in [4.69, 9.17) is 21.1 Å². The predicted molar refractivity (Wildman–Crippen MR) is 150 cm³/mol. The topological polar surface area (TPSA) is 131 Å². The quantitative estimate of drug-likeness (QED) is 0.221. The fraction of sp³-hybridized carbons (Fsp3) is 0.379. The molecule has 0 spiro atoms. The summed E-state index contributed by atoms with van der Waals surface area (Å²) in [6.07, 6.45) is 4.55. The van der Waals surface area contributed by atoms with Gasteiger partial charge in [-0.05, 0) is 31.2 Å². The molecule has 2 atom stereocenters. The first kappa shape index (κ1) is 30.8. The minimum atomic E-state index is -1.25. The molecule has 1 amide bonds. The smallest absolute Gasteiger partial charge is 0.339 e. The molecule has 40 heavy (non-hydrogen) atoms. The van der Waals surface area contributed by atoms with Crippen LogP contribution in [-0.4, -0.2) is 64.5 Å². The molecule has 0 aliphatic carbocycles. The van der Waals surface area contributed by atoms with Gasteiger partial charge in [-0.2, -0.15) is 5.10 Å². The summed E-state index contributed by atoms with van der Waals surface area (Å²) in [6, 6.07) is 5.08. The Kier molecular flexibility index (Phi) is 10.1. The number of aliphatic hydroxyl groups is 1. The van der Waals surface area contributed by atoms with Gasteiger partial charge < -0.3 is 29.4 Å². The monoisotopic (exact) mass is 571 g/mol. The second-order valence-corrected chi connectivity index (χ2v) is 10.5. The van der Waals surface area contributed by atoms with E-state index in [1.807, 2.05) is 20.8 Å². The van der Waals surface area contributed by atoms with Crippen LogP contribution in [0.4, 0.5) is 5.69 Å². The Hall–Kier alpha value is -3.73. The number of carboxylic acid groups (broad SMARTS) is 1. The van der Waals surface area contributed by atoms with Crippen molar-refractivity contribution in [1.29, 1.82) is 0 Å². The molecule has 3 rings (SSSR count). The maximum absolute atomic E-state index is 14.3. The standard InChI is InChI=1S/C29H34ClN3O7/c1-6-8-19(24(7-2)39-5)26-20-13-18(30)9-10-22(20)32(16-29(3,4)17-35)27(36)25(40-26)14-23-21(28(37)38)15-31-33(23)11-12-34/h6-10,12-13,15,25-26,35H,2,11,14,16-17H2,1,3-5H3,(H,37,38)/b8-6-,24-19-/t25-,26?/m1/s1. The van der Waals surface area contributed by atoms with E-state index in [1.54, 1.807) is 30.4 Å². The Bertz CT molecular complexity index is 1350. The van der Waals surface area contributed by atoms with Gasteiger partial charge in [0.15, 0.2) is 0 Å². The third kappa shape index (κ3) is 6.52. The summed E-state index contributed by atoms with van der Waals surface area (Å²) in [7, 11) is 1.49. The van der Waals surface area contributed by atoms with Crippen LogP contribution in [0.3, 0.4) is 0 Å². The highest BCUT2D eigenvalue weighted by molar-refractivity contribution is 6.30. The Morgan fingerprint density at radius 1 is 1.35 bits per heavy atom. The van der Waals surface area contributed by atoms with Crippen molar-refractivity contribution in [3.63, 3.8) is 0 Å². The second-order valence-electron chi connectivity index (χ2n) is 10.0. The van der Waals surface area contributed by atoms with Crippen molar-refractivity contribution < 1.29 is 34.1 Å². The first-order chi connectivity index (χ1) is 19.0. The summed E-state index contributed by atoms with van der Waals surface area (Å²) >= 11 is 6.44. The van der Waals surface area contributed by atoms with Crippen LogP contribution >= 0.6 is 11.6 Å². The number of ether oxygens (including phenoxy) is 2. The normalized spacial score (nSPS) is 18.2. The van der Waals surface area contributed by atoms with Gasteiger partial charge in [0, 0.05) is 46.8 Å². The number of carbonyl (C=O) groups is 3. The van der Waals surface area contributed by atoms with Gasteiger partial charge >= 0.3 is 5.97 Å². The minimum Gasteiger partial charge on any atom is -0.496 e. The van der Waals surface area contributed by atoms with Gasteiger partial charge in [0.1, 0.15) is 29.8 Å². The van der Waals surface area contributed by atoms with Gasteiger partial charge in [0.25, 0.3) is 5.91 Å². The largest absolute Gasteiger partial charge is 0.496 e. The average molecular weight is 572 g/mol. The fourth-order valence-electron chi connectivity index (χ4n) is 4.59. The van der Waals surface area contributed by atoms with Gasteiger partial charge in [0.05, 0.1) is 25.5 Å². The van der Waals surface area contributed by atoms with Crippen molar-refractivity contribution in [3.8, 4) is 0 Å². The molecule has 1 aliphatic rings. The average Bonchev–Trinajstić information content (AvgIpc) is 3.28. The molecule has 214 valence electrons. The van der Waals surface area contributed by atoms with Crippen molar-refractivity contribution in [1.82, 2.24) is 9.78 Å². The molecular formula is C29H34ClN3O7. The number of carbonyl (C=O) groups excluding carboxylic acids is 2. The van der Waals surface area contributed by atoms with Crippen LogP contribution in [0.5, 0.6) is 0 Å². The number of aromatic carboxylic acids is 1. The number of hydrogen-bond acceptors (Lipinski definition) is 7. The Balaban J connectivity index is 2.31. The molecule has 0 saturated heterocycles. The molecule has 0 radical (unpaired) electrons. The molecule has 10 nitrogen and oxygen atoms in total. The summed E-state index contributed by atoms with van der Waals surface area (Å²) in [5, 5.41) is 24.3. The Morgan fingerprint density at radius 2 is 2.08 bits per heavy atom. The van der Waals surface area contributed by atoms with Crippen LogP contribution in [0.2, 0.25) is 5.02 Å². The van der Waals surface area contributed by atoms with Crippen LogP contribution in [0.15, 0.2) is 60.5 Å². The van der Waals surface area contributed by atoms with E-state index in [2.05, 4.69) is 11.7 Å². The van der Waals surface area contributed by atoms with E-state index in [-0.39, 0.29) is 37.4 Å². The number of benzene rings is 1.